The SMILES string of the molecule is CCCCCCCCCCCCNc1ccn([C@H]2C[C@H](O)[C@@H](CO)O2)c(=O)n1. The summed E-state index contributed by atoms with van der Waals surface area (Å²) < 4.78 is 6.87. The first kappa shape index (κ1) is 22.8. The molecule has 1 fully saturated rings. The molecule has 3 atom stereocenters. The van der Waals surface area contributed by atoms with Gasteiger partial charge in [0, 0.05) is 19.2 Å². The number of aliphatic hydroxyl groups excluding tert-OH is 2. The Morgan fingerprint density at radius 1 is 1.14 bits per heavy atom. The Morgan fingerprint density at radius 3 is 2.36 bits per heavy atom. The van der Waals surface area contributed by atoms with Crippen molar-refractivity contribution < 1.29 is 14.9 Å². The van der Waals surface area contributed by atoms with Gasteiger partial charge >= 0.3 is 5.69 Å². The first-order valence-corrected chi connectivity index (χ1v) is 10.9. The van der Waals surface area contributed by atoms with Crippen LogP contribution in [0.2, 0.25) is 0 Å². The Kier molecular flexibility index (Phi) is 10.5. The van der Waals surface area contributed by atoms with E-state index in [1.807, 2.05) is 0 Å². The van der Waals surface area contributed by atoms with E-state index in [0.29, 0.717) is 5.82 Å². The van der Waals surface area contributed by atoms with Gasteiger partial charge in [-0.3, -0.25) is 4.57 Å². The molecule has 1 aliphatic rings. The molecule has 28 heavy (non-hydrogen) atoms. The second-order valence-corrected chi connectivity index (χ2v) is 7.73. The summed E-state index contributed by atoms with van der Waals surface area (Å²) in [5.74, 6) is 0.564. The fraction of sp³-hybridized carbons (Fsp3) is 0.810. The zero-order chi connectivity index (χ0) is 20.2. The summed E-state index contributed by atoms with van der Waals surface area (Å²) in [6, 6.07) is 1.75. The predicted octanol–water partition coefficient (Wildman–Crippen LogP) is 3.22. The molecule has 0 spiro atoms. The lowest BCUT2D eigenvalue weighted by molar-refractivity contribution is -0.0458. The Balaban J connectivity index is 1.60. The average Bonchev–Trinajstić information content (AvgIpc) is 3.06. The summed E-state index contributed by atoms with van der Waals surface area (Å²) in [5.41, 5.74) is -0.413. The summed E-state index contributed by atoms with van der Waals surface area (Å²) in [5, 5.41) is 22.2. The highest BCUT2D eigenvalue weighted by Crippen LogP contribution is 2.27. The third kappa shape index (κ3) is 7.53. The van der Waals surface area contributed by atoms with Gasteiger partial charge in [0.25, 0.3) is 0 Å². The molecule has 0 saturated carbocycles. The van der Waals surface area contributed by atoms with Crippen LogP contribution >= 0.6 is 0 Å². The standard InChI is InChI=1S/C21H37N3O4/c1-2-3-4-5-6-7-8-9-10-11-13-22-19-12-14-24(21(27)23-19)20-15-17(26)18(16-25)28-20/h12,14,17-18,20,25-26H,2-11,13,15-16H2,1H3,(H,22,23,27)/t17-,18+,20+/m0/s1. The maximum Gasteiger partial charge on any atom is 0.351 e. The van der Waals surface area contributed by atoms with E-state index < -0.39 is 24.1 Å². The molecule has 7 nitrogen and oxygen atoms in total. The summed E-state index contributed by atoms with van der Waals surface area (Å²) in [6.07, 6.45) is 12.9. The molecule has 0 amide bonds. The zero-order valence-electron chi connectivity index (χ0n) is 17.2. The largest absolute Gasteiger partial charge is 0.394 e. The minimum absolute atomic E-state index is 0.266. The van der Waals surface area contributed by atoms with Crippen LogP contribution < -0.4 is 11.0 Å². The molecule has 0 aliphatic carbocycles. The normalized spacial score (nSPS) is 21.9. The van der Waals surface area contributed by atoms with Crippen molar-refractivity contribution in [1.82, 2.24) is 9.55 Å². The number of nitrogens with one attached hydrogen (secondary N) is 1. The molecule has 1 aromatic rings. The van der Waals surface area contributed by atoms with Gasteiger partial charge in [-0.2, -0.15) is 4.98 Å². The molecule has 1 aliphatic heterocycles. The van der Waals surface area contributed by atoms with Crippen molar-refractivity contribution in [2.24, 2.45) is 0 Å². The van der Waals surface area contributed by atoms with Gasteiger partial charge in [-0.05, 0) is 12.5 Å². The zero-order valence-corrected chi connectivity index (χ0v) is 17.2. The van der Waals surface area contributed by atoms with E-state index in [4.69, 9.17) is 9.84 Å². The van der Waals surface area contributed by atoms with Crippen molar-refractivity contribution in [2.45, 2.75) is 96.0 Å². The molecule has 0 bridgehead atoms. The van der Waals surface area contributed by atoms with Crippen molar-refractivity contribution in [3.8, 4) is 0 Å². The van der Waals surface area contributed by atoms with Crippen molar-refractivity contribution in [3.05, 3.63) is 22.7 Å². The minimum atomic E-state index is -0.768. The summed E-state index contributed by atoms with van der Waals surface area (Å²) in [6.45, 7) is 2.79. The molecule has 0 unspecified atom stereocenters. The molecular formula is C21H37N3O4. The van der Waals surface area contributed by atoms with E-state index in [2.05, 4.69) is 17.2 Å². The number of nitrogens with zero attached hydrogens (tertiary/aromatic N) is 2. The lowest BCUT2D eigenvalue weighted by atomic mass is 10.1. The van der Waals surface area contributed by atoms with Gasteiger partial charge in [-0.15, -0.1) is 0 Å². The number of unbranched alkanes of at least 4 members (excludes halogenated alkanes) is 9. The highest BCUT2D eigenvalue weighted by molar-refractivity contribution is 5.31. The lowest BCUT2D eigenvalue weighted by Crippen LogP contribution is -2.28. The average molecular weight is 396 g/mol. The van der Waals surface area contributed by atoms with Crippen LogP contribution in [0.5, 0.6) is 0 Å². The maximum absolute atomic E-state index is 12.2. The molecule has 1 aromatic heterocycles. The first-order chi connectivity index (χ1) is 13.7. The summed E-state index contributed by atoms with van der Waals surface area (Å²) in [4.78, 5) is 16.3. The molecule has 0 radical (unpaired) electrons. The van der Waals surface area contributed by atoms with Crippen LogP contribution in [-0.2, 0) is 4.74 Å². The Hall–Kier alpha value is -1.44. The second kappa shape index (κ2) is 12.9. The van der Waals surface area contributed by atoms with Crippen LogP contribution in [0, 0.1) is 0 Å². The fourth-order valence-corrected chi connectivity index (χ4v) is 3.61. The van der Waals surface area contributed by atoms with E-state index >= 15 is 0 Å². The first-order valence-electron chi connectivity index (χ1n) is 10.9. The van der Waals surface area contributed by atoms with Crippen LogP contribution in [-0.4, -0.2) is 45.1 Å². The van der Waals surface area contributed by atoms with Crippen LogP contribution in [0.1, 0.15) is 83.8 Å². The maximum atomic E-state index is 12.2. The molecule has 3 N–H and O–H groups in total. The van der Waals surface area contributed by atoms with Crippen molar-refractivity contribution >= 4 is 5.82 Å². The summed E-state index contributed by atoms with van der Waals surface area (Å²) in [7, 11) is 0. The number of hydrogen-bond acceptors (Lipinski definition) is 6. The minimum Gasteiger partial charge on any atom is -0.394 e. The van der Waals surface area contributed by atoms with Crippen LogP contribution in [0.15, 0.2) is 17.1 Å². The van der Waals surface area contributed by atoms with Gasteiger partial charge in [0.15, 0.2) is 0 Å². The van der Waals surface area contributed by atoms with Crippen LogP contribution in [0.3, 0.4) is 0 Å². The van der Waals surface area contributed by atoms with Crippen LogP contribution in [0.25, 0.3) is 0 Å². The number of hydrogen-bond donors (Lipinski definition) is 3. The highest BCUT2D eigenvalue weighted by Gasteiger charge is 2.34. The second-order valence-electron chi connectivity index (χ2n) is 7.73. The number of aliphatic hydroxyl groups is 2. The Bertz CT molecular complexity index is 608. The van der Waals surface area contributed by atoms with E-state index in [9.17, 15) is 9.90 Å². The summed E-state index contributed by atoms with van der Waals surface area (Å²) >= 11 is 0. The third-order valence-corrected chi connectivity index (χ3v) is 5.36. The quantitative estimate of drug-likeness (QED) is 0.419. The predicted molar refractivity (Wildman–Crippen MR) is 110 cm³/mol. The Labute approximate surface area is 168 Å². The van der Waals surface area contributed by atoms with Gasteiger partial charge in [0.05, 0.1) is 12.7 Å². The van der Waals surface area contributed by atoms with Gasteiger partial charge in [-0.25, -0.2) is 4.79 Å². The van der Waals surface area contributed by atoms with Gasteiger partial charge in [0.1, 0.15) is 18.1 Å². The number of rotatable bonds is 14. The van der Waals surface area contributed by atoms with Gasteiger partial charge in [-0.1, -0.05) is 64.7 Å². The van der Waals surface area contributed by atoms with E-state index in [0.717, 1.165) is 13.0 Å². The molecule has 2 rings (SSSR count). The highest BCUT2D eigenvalue weighted by atomic mass is 16.5. The van der Waals surface area contributed by atoms with Crippen molar-refractivity contribution in [1.29, 1.82) is 0 Å². The number of anilines is 1. The molecule has 160 valence electrons. The molecule has 7 heteroatoms. The number of ether oxygens (including phenoxy) is 1. The fourth-order valence-electron chi connectivity index (χ4n) is 3.61. The topological polar surface area (TPSA) is 96.6 Å². The smallest absolute Gasteiger partial charge is 0.351 e. The van der Waals surface area contributed by atoms with Crippen molar-refractivity contribution in [2.75, 3.05) is 18.5 Å². The van der Waals surface area contributed by atoms with Crippen molar-refractivity contribution in [3.63, 3.8) is 0 Å². The van der Waals surface area contributed by atoms with Crippen LogP contribution in [0.4, 0.5) is 5.82 Å². The Morgan fingerprint density at radius 2 is 1.79 bits per heavy atom. The molecular weight excluding hydrogens is 358 g/mol. The van der Waals surface area contributed by atoms with E-state index in [-0.39, 0.29) is 13.0 Å². The third-order valence-electron chi connectivity index (χ3n) is 5.36. The van der Waals surface area contributed by atoms with E-state index in [1.165, 1.54) is 62.4 Å². The van der Waals surface area contributed by atoms with Gasteiger partial charge < -0.3 is 20.3 Å². The lowest BCUT2D eigenvalue weighted by Gasteiger charge is -2.14. The molecule has 0 aromatic carbocycles. The van der Waals surface area contributed by atoms with E-state index in [1.54, 1.807) is 12.3 Å². The number of aromatic nitrogens is 2. The molecule has 1 saturated heterocycles. The molecule has 2 heterocycles. The van der Waals surface area contributed by atoms with Gasteiger partial charge in [0.2, 0.25) is 0 Å². The monoisotopic (exact) mass is 395 g/mol.